The van der Waals surface area contributed by atoms with Gasteiger partial charge in [-0.05, 0) is 19.1 Å². The summed E-state index contributed by atoms with van der Waals surface area (Å²) in [6.07, 6.45) is 0. The Morgan fingerprint density at radius 3 is 1.68 bits per heavy atom. The Morgan fingerprint density at radius 1 is 0.824 bits per heavy atom. The van der Waals surface area contributed by atoms with Gasteiger partial charge in [0.2, 0.25) is 11.1 Å². The molecular formula is C24H24ClMgN3O5. The van der Waals surface area contributed by atoms with Crippen molar-refractivity contribution in [1.29, 1.82) is 0 Å². The molecule has 2 aromatic heterocycles. The third-order valence-corrected chi connectivity index (χ3v) is 4.67. The number of H-pyrrole nitrogens is 2. The molecule has 4 rings (SSSR count). The van der Waals surface area contributed by atoms with Gasteiger partial charge >= 0.3 is 23.1 Å². The number of hydroxylamine groups is 2. The van der Waals surface area contributed by atoms with Crippen LogP contribution in [0, 0.1) is 7.43 Å². The number of carbonyl (C=O) groups excluding carboxylic acids is 2. The molecule has 0 unspecified atom stereocenters. The fourth-order valence-electron chi connectivity index (χ4n) is 3.13. The molecule has 0 atom stereocenters. The zero-order valence-corrected chi connectivity index (χ0v) is 21.5. The normalized spacial score (nSPS) is 9.50. The van der Waals surface area contributed by atoms with Gasteiger partial charge in [0.25, 0.3) is 5.91 Å². The van der Waals surface area contributed by atoms with Crippen LogP contribution in [0.25, 0.3) is 21.8 Å². The molecule has 0 saturated carbocycles. The SMILES string of the molecule is CC(=O)c1cc(=O)[nH]c2ccccc12.CON(C)C(=O)c1cc(=O)[nH]c2ccccc12.[CH3-].[Cl-].[Mg+2]. The molecule has 0 aliphatic heterocycles. The van der Waals surface area contributed by atoms with Crippen molar-refractivity contribution in [2.24, 2.45) is 0 Å². The maximum absolute atomic E-state index is 12.0. The Balaban J connectivity index is 0.000000597. The van der Waals surface area contributed by atoms with E-state index in [1.54, 1.807) is 24.3 Å². The van der Waals surface area contributed by atoms with Gasteiger partial charge in [-0.2, -0.15) is 0 Å². The van der Waals surface area contributed by atoms with Crippen LogP contribution in [0.2, 0.25) is 0 Å². The van der Waals surface area contributed by atoms with Gasteiger partial charge in [0.05, 0.1) is 12.7 Å². The average molecular weight is 494 g/mol. The van der Waals surface area contributed by atoms with Crippen molar-refractivity contribution in [3.8, 4) is 0 Å². The number of pyridine rings is 2. The van der Waals surface area contributed by atoms with Crippen molar-refractivity contribution in [2.45, 2.75) is 6.92 Å². The average Bonchev–Trinajstić information content (AvgIpc) is 2.77. The molecule has 4 aromatic rings. The third kappa shape index (κ3) is 7.01. The van der Waals surface area contributed by atoms with Crippen LogP contribution >= 0.6 is 0 Å². The molecule has 0 fully saturated rings. The van der Waals surface area contributed by atoms with Crippen LogP contribution in [0.3, 0.4) is 0 Å². The van der Waals surface area contributed by atoms with E-state index < -0.39 is 0 Å². The predicted octanol–water partition coefficient (Wildman–Crippen LogP) is -0.0343. The van der Waals surface area contributed by atoms with Crippen molar-refractivity contribution in [2.75, 3.05) is 14.2 Å². The van der Waals surface area contributed by atoms with Gasteiger partial charge in [-0.1, -0.05) is 36.4 Å². The minimum Gasteiger partial charge on any atom is -1.00 e. The van der Waals surface area contributed by atoms with E-state index >= 15 is 0 Å². The van der Waals surface area contributed by atoms with Gasteiger partial charge in [0, 0.05) is 46.5 Å². The number of halogens is 1. The standard InChI is InChI=1S/C12H12N2O3.C11H9NO2.CH3.ClH.Mg/c1-14(17-2)12(16)9-7-11(15)13-10-6-4-3-5-8(9)10;1-7(13)9-6-11(14)12-10-5-3-2-4-8(9)10;;;/h3-7H,1-2H3,(H,13,15);2-6H,1H3,(H,12,14);1H3;1H;/q;;-1;;+2/p-1. The number of hydrogen-bond acceptors (Lipinski definition) is 5. The molecule has 0 aliphatic carbocycles. The number of hydrogen-bond donors (Lipinski definition) is 2. The summed E-state index contributed by atoms with van der Waals surface area (Å²) >= 11 is 0. The second-order valence-corrected chi connectivity index (χ2v) is 6.73. The van der Waals surface area contributed by atoms with Crippen molar-refractivity contribution >= 4 is 56.5 Å². The first-order valence-corrected chi connectivity index (χ1v) is 9.39. The molecule has 1 amide bonds. The smallest absolute Gasteiger partial charge is 1.00 e. The molecule has 8 nitrogen and oxygen atoms in total. The zero-order chi connectivity index (χ0) is 22.5. The Hall–Kier alpha value is -2.98. The van der Waals surface area contributed by atoms with E-state index in [9.17, 15) is 19.2 Å². The van der Waals surface area contributed by atoms with E-state index in [0.29, 0.717) is 27.5 Å². The number of nitrogens with zero attached hydrogens (tertiary/aromatic N) is 1. The summed E-state index contributed by atoms with van der Waals surface area (Å²) in [7, 11) is 2.89. The molecular weight excluding hydrogens is 470 g/mol. The van der Waals surface area contributed by atoms with Gasteiger partial charge in [-0.15, -0.1) is 0 Å². The summed E-state index contributed by atoms with van der Waals surface area (Å²) in [5.74, 6) is -0.443. The molecule has 0 saturated heterocycles. The molecule has 0 bridgehead atoms. The first kappa shape index (κ1) is 31.0. The fraction of sp³-hybridized carbons (Fsp3) is 0.125. The molecule has 0 radical (unpaired) electrons. The van der Waals surface area contributed by atoms with Crippen LogP contribution in [-0.4, -0.2) is 63.9 Å². The molecule has 174 valence electrons. The minimum absolute atomic E-state index is 0. The largest absolute Gasteiger partial charge is 2.00 e. The number of ketones is 1. The molecule has 2 heterocycles. The van der Waals surface area contributed by atoms with E-state index in [-0.39, 0.29) is 65.7 Å². The van der Waals surface area contributed by atoms with Crippen molar-refractivity contribution in [1.82, 2.24) is 15.0 Å². The first-order valence-electron chi connectivity index (χ1n) is 9.39. The number of para-hydroxylation sites is 2. The Morgan fingerprint density at radius 2 is 1.24 bits per heavy atom. The van der Waals surface area contributed by atoms with Crippen molar-refractivity contribution < 1.29 is 26.8 Å². The molecule has 0 aliphatic rings. The number of rotatable bonds is 3. The molecule has 2 N–H and O–H groups in total. The number of aromatic amines is 2. The molecule has 34 heavy (non-hydrogen) atoms. The topological polar surface area (TPSA) is 112 Å². The number of fused-ring (bicyclic) bond motifs is 2. The van der Waals surface area contributed by atoms with Gasteiger partial charge < -0.3 is 29.8 Å². The van der Waals surface area contributed by atoms with Gasteiger partial charge in [-0.3, -0.25) is 24.0 Å². The van der Waals surface area contributed by atoms with Crippen LogP contribution < -0.4 is 23.5 Å². The van der Waals surface area contributed by atoms with Crippen LogP contribution in [0.15, 0.2) is 70.3 Å². The van der Waals surface area contributed by atoms with E-state index in [1.165, 1.54) is 33.2 Å². The van der Waals surface area contributed by atoms with E-state index in [2.05, 4.69) is 9.97 Å². The number of benzene rings is 2. The van der Waals surface area contributed by atoms with E-state index in [0.717, 1.165) is 10.4 Å². The first-order chi connectivity index (χ1) is 14.8. The molecule has 0 spiro atoms. The van der Waals surface area contributed by atoms with Crippen molar-refractivity contribution in [3.63, 3.8) is 0 Å². The van der Waals surface area contributed by atoms with Crippen molar-refractivity contribution in [3.05, 3.63) is 99.9 Å². The molecule has 2 aromatic carbocycles. The number of aromatic nitrogens is 2. The number of amides is 1. The van der Waals surface area contributed by atoms with Gasteiger partial charge in [0.1, 0.15) is 0 Å². The molecule has 10 heteroatoms. The second-order valence-electron chi connectivity index (χ2n) is 6.73. The summed E-state index contributed by atoms with van der Waals surface area (Å²) in [5, 5.41) is 2.57. The van der Waals surface area contributed by atoms with Crippen LogP contribution in [0.1, 0.15) is 27.6 Å². The Bertz CT molecular complexity index is 1400. The predicted molar refractivity (Wildman–Crippen MR) is 130 cm³/mol. The summed E-state index contributed by atoms with van der Waals surface area (Å²) in [4.78, 5) is 56.1. The third-order valence-electron chi connectivity index (χ3n) is 4.67. The fourth-order valence-corrected chi connectivity index (χ4v) is 3.13. The van der Waals surface area contributed by atoms with Crippen LogP contribution in [0.4, 0.5) is 0 Å². The maximum Gasteiger partial charge on any atom is 2.00 e. The second kappa shape index (κ2) is 13.7. The van der Waals surface area contributed by atoms with Crippen LogP contribution in [-0.2, 0) is 4.84 Å². The summed E-state index contributed by atoms with van der Waals surface area (Å²) in [6, 6.07) is 17.0. The van der Waals surface area contributed by atoms with Crippen LogP contribution in [0.5, 0.6) is 0 Å². The van der Waals surface area contributed by atoms with Gasteiger partial charge in [0.15, 0.2) is 5.78 Å². The van der Waals surface area contributed by atoms with Gasteiger partial charge in [-0.25, -0.2) is 5.06 Å². The Labute approximate surface area is 218 Å². The Kier molecular flexibility index (Phi) is 12.5. The summed E-state index contributed by atoms with van der Waals surface area (Å²) in [5.41, 5.74) is 1.58. The van der Waals surface area contributed by atoms with E-state index in [4.69, 9.17) is 4.84 Å². The maximum atomic E-state index is 12.0. The number of Topliss-reactive ketones (excluding diaryl/α,β-unsaturated/α-hetero) is 1. The number of carbonyl (C=O) groups is 2. The van der Waals surface area contributed by atoms with E-state index in [1.807, 2.05) is 24.3 Å². The summed E-state index contributed by atoms with van der Waals surface area (Å²) < 4.78 is 0. The quantitative estimate of drug-likeness (QED) is 0.180. The zero-order valence-electron chi connectivity index (χ0n) is 19.3. The number of nitrogens with one attached hydrogen (secondary N) is 2. The summed E-state index contributed by atoms with van der Waals surface area (Å²) in [6.45, 7) is 1.46. The minimum atomic E-state index is -0.352. The monoisotopic (exact) mass is 493 g/mol.